The molecule has 3 N–H and O–H groups in total. The van der Waals surface area contributed by atoms with Crippen LogP contribution in [0.15, 0.2) is 106 Å². The van der Waals surface area contributed by atoms with Crippen molar-refractivity contribution in [2.45, 2.75) is 5.92 Å². The standard InChI is InChI=1S/C27H21N5O3S/c28-25-22(21(16-8-2-1-3-9-16)24(32(34)35)27-31(25)14-15-36-27)26(33)30-29-23-19-12-6-4-10-17(19)18-11-5-7-13-20(18)23/h1-13,21H,14-15,28H2,(H,30,33). The van der Waals surface area contributed by atoms with E-state index in [0.717, 1.165) is 22.3 Å². The van der Waals surface area contributed by atoms with Gasteiger partial charge in [-0.2, -0.15) is 5.10 Å². The number of benzene rings is 3. The molecule has 6 rings (SSSR count). The van der Waals surface area contributed by atoms with Gasteiger partial charge in [-0.3, -0.25) is 14.9 Å². The molecule has 1 unspecified atom stereocenters. The Morgan fingerprint density at radius 2 is 1.56 bits per heavy atom. The second kappa shape index (κ2) is 8.69. The van der Waals surface area contributed by atoms with Crippen LogP contribution in [0.4, 0.5) is 0 Å². The van der Waals surface area contributed by atoms with Crippen LogP contribution in [-0.4, -0.2) is 33.7 Å². The van der Waals surface area contributed by atoms with Crippen molar-refractivity contribution in [2.24, 2.45) is 10.8 Å². The minimum atomic E-state index is -0.915. The Bertz CT molecular complexity index is 1470. The highest BCUT2D eigenvalue weighted by Crippen LogP contribution is 2.46. The number of nitrogens with one attached hydrogen (secondary N) is 1. The van der Waals surface area contributed by atoms with Gasteiger partial charge in [-0.05, 0) is 16.7 Å². The second-order valence-corrected chi connectivity index (χ2v) is 9.67. The van der Waals surface area contributed by atoms with Gasteiger partial charge in [-0.25, -0.2) is 5.43 Å². The van der Waals surface area contributed by atoms with E-state index in [0.29, 0.717) is 28.6 Å². The number of hydrogen-bond acceptors (Lipinski definition) is 7. The van der Waals surface area contributed by atoms with Gasteiger partial charge < -0.3 is 10.6 Å². The molecule has 2 heterocycles. The summed E-state index contributed by atoms with van der Waals surface area (Å²) in [7, 11) is 0. The molecule has 8 nitrogen and oxygen atoms in total. The van der Waals surface area contributed by atoms with Crippen LogP contribution in [-0.2, 0) is 4.79 Å². The Labute approximate surface area is 211 Å². The monoisotopic (exact) mass is 495 g/mol. The summed E-state index contributed by atoms with van der Waals surface area (Å²) in [6.45, 7) is 0.497. The van der Waals surface area contributed by atoms with E-state index in [1.807, 2.05) is 54.6 Å². The maximum Gasteiger partial charge on any atom is 0.288 e. The molecule has 178 valence electrons. The van der Waals surface area contributed by atoms with E-state index in [1.165, 1.54) is 11.8 Å². The quantitative estimate of drug-likeness (QED) is 0.327. The average molecular weight is 496 g/mol. The van der Waals surface area contributed by atoms with Crippen LogP contribution in [0, 0.1) is 10.1 Å². The van der Waals surface area contributed by atoms with Crippen LogP contribution in [0.3, 0.4) is 0 Å². The van der Waals surface area contributed by atoms with Crippen molar-refractivity contribution >= 4 is 23.4 Å². The number of rotatable bonds is 4. The molecule has 0 radical (unpaired) electrons. The molecule has 3 aromatic rings. The molecule has 1 aliphatic carbocycles. The lowest BCUT2D eigenvalue weighted by molar-refractivity contribution is -0.430. The van der Waals surface area contributed by atoms with Crippen LogP contribution in [0.5, 0.6) is 0 Å². The number of hydrogen-bond donors (Lipinski definition) is 2. The van der Waals surface area contributed by atoms with Crippen molar-refractivity contribution in [1.82, 2.24) is 10.3 Å². The van der Waals surface area contributed by atoms with Gasteiger partial charge in [0.2, 0.25) is 0 Å². The lowest BCUT2D eigenvalue weighted by atomic mass is 9.85. The van der Waals surface area contributed by atoms with Gasteiger partial charge in [0, 0.05) is 23.4 Å². The van der Waals surface area contributed by atoms with Gasteiger partial charge in [0.25, 0.3) is 11.6 Å². The van der Waals surface area contributed by atoms with Gasteiger partial charge in [0.15, 0.2) is 5.03 Å². The largest absolute Gasteiger partial charge is 0.385 e. The fourth-order valence-electron chi connectivity index (χ4n) is 5.09. The molecule has 1 amide bonds. The van der Waals surface area contributed by atoms with E-state index in [1.54, 1.807) is 29.2 Å². The first kappa shape index (κ1) is 22.1. The van der Waals surface area contributed by atoms with Gasteiger partial charge in [0.05, 0.1) is 16.2 Å². The van der Waals surface area contributed by atoms with E-state index in [2.05, 4.69) is 10.5 Å². The maximum absolute atomic E-state index is 13.7. The van der Waals surface area contributed by atoms with Crippen LogP contribution >= 0.6 is 11.8 Å². The first-order valence-electron chi connectivity index (χ1n) is 11.5. The average Bonchev–Trinajstić information content (AvgIpc) is 3.51. The van der Waals surface area contributed by atoms with Gasteiger partial charge in [-0.15, -0.1) is 0 Å². The SMILES string of the molecule is NC1=C(C(=O)NN=C2c3ccccc3-c3ccccc32)C(c2ccccc2)C([N+](=O)[O-])=C2SCCN12. The van der Waals surface area contributed by atoms with Gasteiger partial charge >= 0.3 is 0 Å². The minimum Gasteiger partial charge on any atom is -0.385 e. The zero-order valence-electron chi connectivity index (χ0n) is 19.0. The van der Waals surface area contributed by atoms with Gasteiger partial charge in [0.1, 0.15) is 11.7 Å². The number of amides is 1. The number of carbonyl (C=O) groups is 1. The Morgan fingerprint density at radius 1 is 0.972 bits per heavy atom. The third-order valence-electron chi connectivity index (χ3n) is 6.64. The van der Waals surface area contributed by atoms with E-state index < -0.39 is 16.7 Å². The Morgan fingerprint density at radius 3 is 2.17 bits per heavy atom. The van der Waals surface area contributed by atoms with Crippen molar-refractivity contribution in [1.29, 1.82) is 0 Å². The summed E-state index contributed by atoms with van der Waals surface area (Å²) in [4.78, 5) is 27.3. The number of thioether (sulfide) groups is 1. The Hall–Kier alpha value is -4.37. The van der Waals surface area contributed by atoms with Crippen LogP contribution in [0.25, 0.3) is 11.1 Å². The Kier molecular flexibility index (Phi) is 5.34. The predicted molar refractivity (Wildman–Crippen MR) is 139 cm³/mol. The molecule has 2 aliphatic heterocycles. The lowest BCUT2D eigenvalue weighted by Gasteiger charge is -2.31. The molecule has 1 saturated heterocycles. The van der Waals surface area contributed by atoms with Crippen LogP contribution < -0.4 is 11.2 Å². The predicted octanol–water partition coefficient (Wildman–Crippen LogP) is 4.00. The number of carbonyl (C=O) groups excluding carboxylic acids is 1. The third kappa shape index (κ3) is 3.39. The number of nitrogens with zero attached hydrogens (tertiary/aromatic N) is 3. The summed E-state index contributed by atoms with van der Waals surface area (Å²) in [5.74, 6) is -0.605. The smallest absolute Gasteiger partial charge is 0.288 e. The summed E-state index contributed by atoms with van der Waals surface area (Å²) in [6, 6.07) is 24.7. The van der Waals surface area contributed by atoms with Crippen molar-refractivity contribution in [2.75, 3.05) is 12.3 Å². The normalized spacial score (nSPS) is 18.1. The molecule has 1 atom stereocenters. The first-order valence-corrected chi connectivity index (χ1v) is 12.5. The van der Waals surface area contributed by atoms with Crippen LogP contribution in [0.2, 0.25) is 0 Å². The fourth-order valence-corrected chi connectivity index (χ4v) is 6.24. The van der Waals surface area contributed by atoms with Crippen LogP contribution in [0.1, 0.15) is 22.6 Å². The van der Waals surface area contributed by atoms with E-state index in [9.17, 15) is 14.9 Å². The summed E-state index contributed by atoms with van der Waals surface area (Å²) >= 11 is 1.39. The van der Waals surface area contributed by atoms with E-state index in [-0.39, 0.29) is 17.1 Å². The zero-order valence-corrected chi connectivity index (χ0v) is 19.9. The molecule has 0 aromatic heterocycles. The second-order valence-electron chi connectivity index (χ2n) is 8.58. The molecule has 0 spiro atoms. The molecule has 9 heteroatoms. The molecule has 3 aliphatic rings. The number of nitro groups is 1. The summed E-state index contributed by atoms with van der Waals surface area (Å²) in [5.41, 5.74) is 14.5. The number of allylic oxidation sites excluding steroid dienone is 1. The summed E-state index contributed by atoms with van der Waals surface area (Å²) in [5, 5.41) is 17.3. The minimum absolute atomic E-state index is 0.0349. The Balaban J connectivity index is 1.44. The molecule has 1 fully saturated rings. The molecule has 3 aromatic carbocycles. The third-order valence-corrected chi connectivity index (χ3v) is 7.73. The first-order chi connectivity index (χ1) is 17.6. The van der Waals surface area contributed by atoms with E-state index in [4.69, 9.17) is 5.73 Å². The number of hydrazone groups is 1. The number of fused-ring (bicyclic) bond motifs is 4. The van der Waals surface area contributed by atoms with Crippen molar-refractivity contribution in [3.63, 3.8) is 0 Å². The summed E-state index contributed by atoms with van der Waals surface area (Å²) in [6.07, 6.45) is 0. The molecular formula is C27H21N5O3S. The molecular weight excluding hydrogens is 474 g/mol. The van der Waals surface area contributed by atoms with Crippen molar-refractivity contribution in [3.8, 4) is 11.1 Å². The van der Waals surface area contributed by atoms with Gasteiger partial charge in [-0.1, -0.05) is 90.6 Å². The molecule has 0 bridgehead atoms. The molecule has 0 saturated carbocycles. The lowest BCUT2D eigenvalue weighted by Crippen LogP contribution is -2.39. The van der Waals surface area contributed by atoms with Crippen molar-refractivity contribution < 1.29 is 9.72 Å². The zero-order chi connectivity index (χ0) is 24.8. The highest BCUT2D eigenvalue weighted by atomic mass is 32.2. The number of nitrogens with two attached hydrogens (primary N) is 1. The summed E-state index contributed by atoms with van der Waals surface area (Å²) < 4.78 is 0. The fraction of sp³-hybridized carbons (Fsp3) is 0.111. The highest BCUT2D eigenvalue weighted by Gasteiger charge is 2.46. The maximum atomic E-state index is 13.7. The molecule has 36 heavy (non-hydrogen) atoms. The topological polar surface area (TPSA) is 114 Å². The highest BCUT2D eigenvalue weighted by molar-refractivity contribution is 8.03. The van der Waals surface area contributed by atoms with Crippen molar-refractivity contribution in [3.05, 3.63) is 128 Å². The van der Waals surface area contributed by atoms with E-state index >= 15 is 0 Å².